The molecule has 3 rings (SSSR count). The molecule has 0 aliphatic carbocycles. The average Bonchev–Trinajstić information content (AvgIpc) is 2.53. The van der Waals surface area contributed by atoms with Gasteiger partial charge in [-0.1, -0.05) is 30.3 Å². The Labute approximate surface area is 138 Å². The molecule has 0 aromatic heterocycles. The van der Waals surface area contributed by atoms with Crippen molar-refractivity contribution in [2.45, 2.75) is 56.7 Å². The zero-order valence-corrected chi connectivity index (χ0v) is 14.0. The Morgan fingerprint density at radius 1 is 1.22 bits per heavy atom. The van der Waals surface area contributed by atoms with Crippen molar-refractivity contribution in [1.29, 1.82) is 0 Å². The highest BCUT2D eigenvalue weighted by atomic mass is 16.5. The molecule has 2 fully saturated rings. The van der Waals surface area contributed by atoms with Crippen molar-refractivity contribution in [3.8, 4) is 0 Å². The molecule has 0 radical (unpaired) electrons. The fourth-order valence-corrected chi connectivity index (χ4v) is 3.86. The van der Waals surface area contributed by atoms with Crippen molar-refractivity contribution in [3.63, 3.8) is 0 Å². The molecule has 2 aliphatic heterocycles. The van der Waals surface area contributed by atoms with Gasteiger partial charge in [0.2, 0.25) is 5.91 Å². The minimum Gasteiger partial charge on any atom is -0.390 e. The second-order valence-electron chi connectivity index (χ2n) is 7.32. The number of nitrogens with zero attached hydrogens (tertiary/aromatic N) is 1. The molecular weight excluding hydrogens is 290 g/mol. The number of aryl methyl sites for hydroxylation is 1. The van der Waals surface area contributed by atoms with Crippen LogP contribution in [0.3, 0.4) is 0 Å². The van der Waals surface area contributed by atoms with Crippen LogP contribution in [0.5, 0.6) is 0 Å². The summed E-state index contributed by atoms with van der Waals surface area (Å²) in [5.41, 5.74) is 0.358. The molecule has 1 spiro atoms. The standard InChI is InChI=1S/C19H27NO3/c1-18(22)11-14-23-19(15-18)9-12-20(13-10-19)17(21)8-7-16-5-3-2-4-6-16/h2-6,22H,7-15H2,1H3. The maximum Gasteiger partial charge on any atom is 0.222 e. The number of aliphatic hydroxyl groups is 1. The topological polar surface area (TPSA) is 49.8 Å². The smallest absolute Gasteiger partial charge is 0.222 e. The Morgan fingerprint density at radius 3 is 2.57 bits per heavy atom. The van der Waals surface area contributed by atoms with Crippen LogP contribution < -0.4 is 0 Å². The van der Waals surface area contributed by atoms with E-state index in [0.717, 1.165) is 32.4 Å². The molecule has 23 heavy (non-hydrogen) atoms. The van der Waals surface area contributed by atoms with Crippen LogP contribution in [-0.4, -0.2) is 46.8 Å². The van der Waals surface area contributed by atoms with Gasteiger partial charge in [-0.15, -0.1) is 0 Å². The molecule has 0 saturated carbocycles. The first kappa shape index (κ1) is 16.5. The number of carbonyl (C=O) groups excluding carboxylic acids is 1. The van der Waals surface area contributed by atoms with Crippen LogP contribution in [0.15, 0.2) is 30.3 Å². The van der Waals surface area contributed by atoms with Gasteiger partial charge in [-0.3, -0.25) is 4.79 Å². The maximum atomic E-state index is 12.4. The summed E-state index contributed by atoms with van der Waals surface area (Å²) in [5.74, 6) is 0.228. The number of piperidine rings is 1. The molecule has 1 atom stereocenters. The minimum atomic E-state index is -0.627. The van der Waals surface area contributed by atoms with E-state index in [4.69, 9.17) is 4.74 Å². The predicted octanol–water partition coefficient (Wildman–Crippen LogP) is 2.54. The number of hydrogen-bond donors (Lipinski definition) is 1. The highest BCUT2D eigenvalue weighted by Crippen LogP contribution is 2.39. The van der Waals surface area contributed by atoms with Crippen LogP contribution in [0, 0.1) is 0 Å². The van der Waals surface area contributed by atoms with E-state index in [1.54, 1.807) is 0 Å². The first-order valence-corrected chi connectivity index (χ1v) is 8.66. The summed E-state index contributed by atoms with van der Waals surface area (Å²) >= 11 is 0. The normalized spacial score (nSPS) is 27.1. The first-order chi connectivity index (χ1) is 11.0. The fourth-order valence-electron chi connectivity index (χ4n) is 3.86. The SMILES string of the molecule is CC1(O)CCOC2(CCN(C(=O)CCc3ccccc3)CC2)C1. The molecule has 126 valence electrons. The fraction of sp³-hybridized carbons (Fsp3) is 0.632. The summed E-state index contributed by atoms with van der Waals surface area (Å²) in [4.78, 5) is 14.4. The number of carbonyl (C=O) groups is 1. The van der Waals surface area contributed by atoms with Crippen molar-refractivity contribution >= 4 is 5.91 Å². The maximum absolute atomic E-state index is 12.4. The van der Waals surface area contributed by atoms with Gasteiger partial charge in [-0.2, -0.15) is 0 Å². The van der Waals surface area contributed by atoms with Crippen molar-refractivity contribution in [2.24, 2.45) is 0 Å². The van der Waals surface area contributed by atoms with Crippen LogP contribution in [0.4, 0.5) is 0 Å². The lowest BCUT2D eigenvalue weighted by Crippen LogP contribution is -2.54. The zero-order valence-electron chi connectivity index (χ0n) is 14.0. The molecule has 1 aromatic carbocycles. The molecule has 2 heterocycles. The second kappa shape index (κ2) is 6.62. The van der Waals surface area contributed by atoms with Gasteiger partial charge >= 0.3 is 0 Å². The summed E-state index contributed by atoms with van der Waals surface area (Å²) in [6, 6.07) is 10.1. The largest absolute Gasteiger partial charge is 0.390 e. The van der Waals surface area contributed by atoms with E-state index in [9.17, 15) is 9.90 Å². The lowest BCUT2D eigenvalue weighted by Gasteiger charge is -2.48. The second-order valence-corrected chi connectivity index (χ2v) is 7.32. The molecule has 0 bridgehead atoms. The Hall–Kier alpha value is -1.39. The Bertz CT molecular complexity index is 533. The summed E-state index contributed by atoms with van der Waals surface area (Å²) < 4.78 is 6.00. The van der Waals surface area contributed by atoms with Gasteiger partial charge in [-0.25, -0.2) is 0 Å². The highest BCUT2D eigenvalue weighted by Gasteiger charge is 2.44. The molecule has 2 aliphatic rings. The molecular formula is C19H27NO3. The molecule has 1 aromatic rings. The summed E-state index contributed by atoms with van der Waals surface area (Å²) in [7, 11) is 0. The zero-order chi connectivity index (χ0) is 16.3. The van der Waals surface area contributed by atoms with Gasteiger partial charge in [-0.05, 0) is 38.2 Å². The van der Waals surface area contributed by atoms with Crippen LogP contribution in [0.1, 0.15) is 44.6 Å². The highest BCUT2D eigenvalue weighted by molar-refractivity contribution is 5.76. The third kappa shape index (κ3) is 4.12. The lowest BCUT2D eigenvalue weighted by molar-refractivity contribution is -0.175. The third-order valence-electron chi connectivity index (χ3n) is 5.25. The van der Waals surface area contributed by atoms with Crippen LogP contribution >= 0.6 is 0 Å². The molecule has 1 N–H and O–H groups in total. The first-order valence-electron chi connectivity index (χ1n) is 8.66. The van der Waals surface area contributed by atoms with E-state index < -0.39 is 5.60 Å². The van der Waals surface area contributed by atoms with Gasteiger partial charge in [0.1, 0.15) is 0 Å². The molecule has 2 saturated heterocycles. The quantitative estimate of drug-likeness (QED) is 0.932. The van der Waals surface area contributed by atoms with E-state index in [-0.39, 0.29) is 11.5 Å². The van der Waals surface area contributed by atoms with Crippen molar-refractivity contribution in [3.05, 3.63) is 35.9 Å². The van der Waals surface area contributed by atoms with Gasteiger partial charge in [0.15, 0.2) is 0 Å². The number of rotatable bonds is 3. The average molecular weight is 317 g/mol. The van der Waals surface area contributed by atoms with E-state index in [2.05, 4.69) is 12.1 Å². The summed E-state index contributed by atoms with van der Waals surface area (Å²) in [6.07, 6.45) is 4.42. The van der Waals surface area contributed by atoms with Crippen molar-refractivity contribution < 1.29 is 14.6 Å². The van der Waals surface area contributed by atoms with Crippen molar-refractivity contribution in [2.75, 3.05) is 19.7 Å². The summed E-state index contributed by atoms with van der Waals surface area (Å²) in [5, 5.41) is 10.3. The van der Waals surface area contributed by atoms with E-state index in [1.807, 2.05) is 30.0 Å². The van der Waals surface area contributed by atoms with Crippen LogP contribution in [0.25, 0.3) is 0 Å². The summed E-state index contributed by atoms with van der Waals surface area (Å²) in [6.45, 7) is 4.00. The number of hydrogen-bond acceptors (Lipinski definition) is 3. The molecule has 1 amide bonds. The predicted molar refractivity (Wildman–Crippen MR) is 89.1 cm³/mol. The monoisotopic (exact) mass is 317 g/mol. The van der Waals surface area contributed by atoms with Crippen molar-refractivity contribution in [1.82, 2.24) is 4.90 Å². The Balaban J connectivity index is 1.49. The minimum absolute atomic E-state index is 0.224. The number of likely N-dealkylation sites (tertiary alicyclic amines) is 1. The van der Waals surface area contributed by atoms with Crippen LogP contribution in [-0.2, 0) is 16.0 Å². The number of ether oxygens (including phenoxy) is 1. The van der Waals surface area contributed by atoms with E-state index in [0.29, 0.717) is 25.9 Å². The van der Waals surface area contributed by atoms with Gasteiger partial charge in [0, 0.05) is 25.9 Å². The van der Waals surface area contributed by atoms with Gasteiger partial charge in [0.25, 0.3) is 0 Å². The number of benzene rings is 1. The van der Waals surface area contributed by atoms with E-state index >= 15 is 0 Å². The third-order valence-corrected chi connectivity index (χ3v) is 5.25. The van der Waals surface area contributed by atoms with E-state index in [1.165, 1.54) is 5.56 Å². The Kier molecular flexibility index (Phi) is 4.74. The molecule has 4 heteroatoms. The van der Waals surface area contributed by atoms with Crippen LogP contribution in [0.2, 0.25) is 0 Å². The van der Waals surface area contributed by atoms with Gasteiger partial charge < -0.3 is 14.7 Å². The lowest BCUT2D eigenvalue weighted by atomic mass is 9.78. The molecule has 1 unspecified atom stereocenters. The number of amides is 1. The van der Waals surface area contributed by atoms with Gasteiger partial charge in [0.05, 0.1) is 17.8 Å². The Morgan fingerprint density at radius 2 is 1.91 bits per heavy atom. The molecule has 4 nitrogen and oxygen atoms in total.